The number of carboxylic acid groups (broad SMARTS) is 1. The van der Waals surface area contributed by atoms with Crippen LogP contribution in [0, 0.1) is 0 Å². The second-order valence-corrected chi connectivity index (χ2v) is 7.01. The minimum absolute atomic E-state index is 0.0171. The summed E-state index contributed by atoms with van der Waals surface area (Å²) < 4.78 is 0. The summed E-state index contributed by atoms with van der Waals surface area (Å²) in [4.78, 5) is 36.4. The van der Waals surface area contributed by atoms with Gasteiger partial charge in [-0.3, -0.25) is 9.59 Å². The number of benzene rings is 3. The van der Waals surface area contributed by atoms with Crippen molar-refractivity contribution in [1.82, 2.24) is 5.32 Å². The van der Waals surface area contributed by atoms with E-state index in [1.807, 2.05) is 30.3 Å². The van der Waals surface area contributed by atoms with Gasteiger partial charge in [0.1, 0.15) is 5.70 Å². The van der Waals surface area contributed by atoms with Crippen LogP contribution in [0.5, 0.6) is 0 Å². The normalized spacial score (nSPS) is 11.2. The number of allylic oxidation sites excluding steroid dienone is 2. The molecule has 0 saturated heterocycles. The molecule has 3 aromatic rings. The maximum Gasteiger partial charge on any atom is 0.272 e. The largest absolute Gasteiger partial charge is 0.545 e. The fourth-order valence-corrected chi connectivity index (χ4v) is 2.94. The first kappa shape index (κ1) is 22.5. The monoisotopic (exact) mass is 445 g/mol. The number of hydrogen-bond donors (Lipinski definition) is 2. The van der Waals surface area contributed by atoms with Crippen molar-refractivity contribution >= 4 is 41.1 Å². The average molecular weight is 446 g/mol. The molecule has 0 spiro atoms. The highest BCUT2D eigenvalue weighted by molar-refractivity contribution is 6.34. The Kier molecular flexibility index (Phi) is 7.56. The standard InChI is InChI=1S/C25H19ClN2O4/c26-21-11-5-4-10-20(21)23(29)28-22(12-6-9-17-7-2-1-3-8-17)24(30)27-19-15-13-18(14-16-19)25(31)32/h1-16H,(H,27,30)(H,28,29)(H,31,32)/p-1/b9-6+,22-12-. The maximum absolute atomic E-state index is 12.8. The number of anilines is 1. The molecule has 160 valence electrons. The molecule has 2 amide bonds. The van der Waals surface area contributed by atoms with Gasteiger partial charge in [-0.05, 0) is 41.5 Å². The first-order valence-corrected chi connectivity index (χ1v) is 9.94. The molecule has 0 bridgehead atoms. The number of nitrogens with one attached hydrogen (secondary N) is 2. The highest BCUT2D eigenvalue weighted by Gasteiger charge is 2.16. The van der Waals surface area contributed by atoms with E-state index in [0.29, 0.717) is 5.69 Å². The van der Waals surface area contributed by atoms with Gasteiger partial charge in [0.2, 0.25) is 0 Å². The summed E-state index contributed by atoms with van der Waals surface area (Å²) in [5.41, 5.74) is 1.45. The zero-order chi connectivity index (χ0) is 22.9. The van der Waals surface area contributed by atoms with Crippen molar-refractivity contribution in [2.75, 3.05) is 5.32 Å². The number of carboxylic acids is 1. The Bertz CT molecular complexity index is 1190. The Morgan fingerprint density at radius 3 is 2.16 bits per heavy atom. The fourth-order valence-electron chi connectivity index (χ4n) is 2.72. The topological polar surface area (TPSA) is 98.3 Å². The molecule has 2 N–H and O–H groups in total. The molecule has 3 rings (SSSR count). The van der Waals surface area contributed by atoms with Crippen molar-refractivity contribution in [2.45, 2.75) is 0 Å². The maximum atomic E-state index is 12.8. The Hall–Kier alpha value is -4.16. The third kappa shape index (κ3) is 6.17. The molecule has 0 aromatic heterocycles. The predicted octanol–water partition coefficient (Wildman–Crippen LogP) is 3.67. The Morgan fingerprint density at radius 1 is 0.844 bits per heavy atom. The minimum atomic E-state index is -1.32. The summed E-state index contributed by atoms with van der Waals surface area (Å²) in [7, 11) is 0. The van der Waals surface area contributed by atoms with Crippen molar-refractivity contribution in [3.05, 3.63) is 118 Å². The van der Waals surface area contributed by atoms with E-state index < -0.39 is 17.8 Å². The molecule has 0 aliphatic heterocycles. The molecule has 0 fully saturated rings. The minimum Gasteiger partial charge on any atom is -0.545 e. The van der Waals surface area contributed by atoms with Gasteiger partial charge in [-0.1, -0.05) is 78.4 Å². The second kappa shape index (κ2) is 10.7. The SMILES string of the molecule is O=C(Nc1ccc(C(=O)[O-])cc1)/C(=C/C=C/c1ccccc1)NC(=O)c1ccccc1Cl. The van der Waals surface area contributed by atoms with E-state index in [1.54, 1.807) is 36.4 Å². The second-order valence-electron chi connectivity index (χ2n) is 6.60. The fraction of sp³-hybridized carbons (Fsp3) is 0. The zero-order valence-electron chi connectivity index (χ0n) is 16.7. The van der Waals surface area contributed by atoms with Gasteiger partial charge in [0.15, 0.2) is 0 Å². The van der Waals surface area contributed by atoms with Gasteiger partial charge in [0, 0.05) is 5.69 Å². The number of hydrogen-bond acceptors (Lipinski definition) is 4. The van der Waals surface area contributed by atoms with Crippen LogP contribution < -0.4 is 15.7 Å². The van der Waals surface area contributed by atoms with Gasteiger partial charge in [-0.15, -0.1) is 0 Å². The molecular weight excluding hydrogens is 428 g/mol. The van der Waals surface area contributed by atoms with Crippen molar-refractivity contribution in [3.8, 4) is 0 Å². The Balaban J connectivity index is 1.83. The lowest BCUT2D eigenvalue weighted by molar-refractivity contribution is -0.255. The smallest absolute Gasteiger partial charge is 0.272 e. The van der Waals surface area contributed by atoms with Crippen LogP contribution in [0.15, 0.2) is 96.7 Å². The zero-order valence-corrected chi connectivity index (χ0v) is 17.5. The van der Waals surface area contributed by atoms with Gasteiger partial charge in [-0.2, -0.15) is 0 Å². The Labute approximate surface area is 189 Å². The van der Waals surface area contributed by atoms with Crippen molar-refractivity contribution in [2.24, 2.45) is 0 Å². The highest BCUT2D eigenvalue weighted by Crippen LogP contribution is 2.16. The number of rotatable bonds is 7. The molecule has 0 aliphatic carbocycles. The number of aromatic carboxylic acids is 1. The van der Waals surface area contributed by atoms with Crippen molar-refractivity contribution < 1.29 is 19.5 Å². The lowest BCUT2D eigenvalue weighted by Gasteiger charge is -2.12. The third-order valence-electron chi connectivity index (χ3n) is 4.34. The summed E-state index contributed by atoms with van der Waals surface area (Å²) in [5.74, 6) is -2.46. The number of amides is 2. The van der Waals surface area contributed by atoms with E-state index in [4.69, 9.17) is 11.6 Å². The van der Waals surface area contributed by atoms with Gasteiger partial charge in [0.05, 0.1) is 16.6 Å². The van der Waals surface area contributed by atoms with E-state index in [0.717, 1.165) is 5.56 Å². The van der Waals surface area contributed by atoms with Crippen LogP contribution >= 0.6 is 11.6 Å². The summed E-state index contributed by atoms with van der Waals surface area (Å²) in [5, 5.41) is 16.3. The molecule has 0 saturated carbocycles. The molecule has 7 heteroatoms. The average Bonchev–Trinajstić information content (AvgIpc) is 2.79. The van der Waals surface area contributed by atoms with Crippen LogP contribution in [-0.2, 0) is 4.79 Å². The molecular formula is C25H18ClN2O4-. The first-order chi connectivity index (χ1) is 15.4. The first-order valence-electron chi connectivity index (χ1n) is 9.56. The molecule has 32 heavy (non-hydrogen) atoms. The van der Waals surface area contributed by atoms with Gasteiger partial charge < -0.3 is 20.5 Å². The van der Waals surface area contributed by atoms with Crippen LogP contribution in [0.4, 0.5) is 5.69 Å². The van der Waals surface area contributed by atoms with Crippen LogP contribution in [0.3, 0.4) is 0 Å². The quantitative estimate of drug-likeness (QED) is 0.428. The molecule has 0 unspecified atom stereocenters. The van der Waals surface area contributed by atoms with E-state index >= 15 is 0 Å². The lowest BCUT2D eigenvalue weighted by atomic mass is 10.2. The van der Waals surface area contributed by atoms with Gasteiger partial charge >= 0.3 is 0 Å². The van der Waals surface area contributed by atoms with E-state index in [2.05, 4.69) is 10.6 Å². The Morgan fingerprint density at radius 2 is 1.50 bits per heavy atom. The van der Waals surface area contributed by atoms with Crippen LogP contribution in [0.1, 0.15) is 26.3 Å². The summed E-state index contributed by atoms with van der Waals surface area (Å²) >= 11 is 6.09. The van der Waals surface area contributed by atoms with Gasteiger partial charge in [0.25, 0.3) is 11.8 Å². The predicted molar refractivity (Wildman–Crippen MR) is 122 cm³/mol. The van der Waals surface area contributed by atoms with Crippen LogP contribution in [-0.4, -0.2) is 17.8 Å². The molecule has 0 heterocycles. The van der Waals surface area contributed by atoms with E-state index in [1.165, 1.54) is 30.3 Å². The molecule has 0 atom stereocenters. The van der Waals surface area contributed by atoms with Crippen LogP contribution in [0.2, 0.25) is 5.02 Å². The van der Waals surface area contributed by atoms with Gasteiger partial charge in [-0.25, -0.2) is 0 Å². The summed E-state index contributed by atoms with van der Waals surface area (Å²) in [6, 6.07) is 21.4. The number of halogens is 1. The molecule has 0 aliphatic rings. The van der Waals surface area contributed by atoms with Crippen molar-refractivity contribution in [3.63, 3.8) is 0 Å². The molecule has 0 radical (unpaired) electrons. The molecule has 3 aromatic carbocycles. The third-order valence-corrected chi connectivity index (χ3v) is 4.67. The van der Waals surface area contributed by atoms with Crippen molar-refractivity contribution in [1.29, 1.82) is 0 Å². The number of carbonyl (C=O) groups excluding carboxylic acids is 3. The molecule has 6 nitrogen and oxygen atoms in total. The summed E-state index contributed by atoms with van der Waals surface area (Å²) in [6.07, 6.45) is 4.88. The van der Waals surface area contributed by atoms with E-state index in [-0.39, 0.29) is 21.8 Å². The van der Waals surface area contributed by atoms with E-state index in [9.17, 15) is 19.5 Å². The number of carbonyl (C=O) groups is 3. The summed E-state index contributed by atoms with van der Waals surface area (Å²) in [6.45, 7) is 0. The van der Waals surface area contributed by atoms with Crippen LogP contribution in [0.25, 0.3) is 6.08 Å². The lowest BCUT2D eigenvalue weighted by Crippen LogP contribution is -2.31. The highest BCUT2D eigenvalue weighted by atomic mass is 35.5.